The van der Waals surface area contributed by atoms with Gasteiger partial charge in [0.1, 0.15) is 17.1 Å². The molecule has 0 spiro atoms. The Morgan fingerprint density at radius 2 is 1.68 bits per heavy atom. The number of carbonyl (C=O) groups is 2. The van der Waals surface area contributed by atoms with E-state index in [0.717, 1.165) is 10.0 Å². The zero-order valence-electron chi connectivity index (χ0n) is 12.5. The number of benzene rings is 2. The number of halogens is 1. The van der Waals surface area contributed by atoms with Crippen molar-refractivity contribution in [3.63, 3.8) is 0 Å². The second-order valence-electron chi connectivity index (χ2n) is 4.79. The van der Waals surface area contributed by atoms with E-state index in [-0.39, 0.29) is 17.1 Å². The van der Waals surface area contributed by atoms with Gasteiger partial charge < -0.3 is 9.47 Å². The molecule has 2 aromatic carbocycles. The van der Waals surface area contributed by atoms with Crippen molar-refractivity contribution in [3.8, 4) is 11.5 Å². The highest BCUT2D eigenvalue weighted by molar-refractivity contribution is 9.10. The SMILES string of the molecule is COc1ccc(Br)cc1C(=O)Oc1ccc(C)cc1C(C)=O. The molecule has 0 aromatic heterocycles. The van der Waals surface area contributed by atoms with Gasteiger partial charge in [0.25, 0.3) is 0 Å². The molecular weight excluding hydrogens is 348 g/mol. The number of Topliss-reactive ketones (excluding diaryl/α,β-unsaturated/α-hetero) is 1. The topological polar surface area (TPSA) is 52.6 Å². The van der Waals surface area contributed by atoms with Crippen LogP contribution in [0.1, 0.15) is 33.2 Å². The van der Waals surface area contributed by atoms with Crippen LogP contribution in [-0.4, -0.2) is 18.9 Å². The van der Waals surface area contributed by atoms with Crippen LogP contribution in [0.3, 0.4) is 0 Å². The fourth-order valence-corrected chi connectivity index (χ4v) is 2.36. The minimum atomic E-state index is -0.579. The molecule has 0 aliphatic heterocycles. The number of ketones is 1. The van der Waals surface area contributed by atoms with Crippen LogP contribution < -0.4 is 9.47 Å². The summed E-state index contributed by atoms with van der Waals surface area (Å²) in [4.78, 5) is 24.1. The van der Waals surface area contributed by atoms with Crippen molar-refractivity contribution in [1.82, 2.24) is 0 Å². The third-order valence-electron chi connectivity index (χ3n) is 3.10. The van der Waals surface area contributed by atoms with Gasteiger partial charge in [0, 0.05) is 4.47 Å². The third kappa shape index (κ3) is 3.54. The Bertz CT molecular complexity index is 737. The summed E-state index contributed by atoms with van der Waals surface area (Å²) in [5.74, 6) is -0.0907. The molecule has 2 aromatic rings. The van der Waals surface area contributed by atoms with Gasteiger partial charge in [0.15, 0.2) is 5.78 Å². The molecule has 0 radical (unpaired) electrons. The van der Waals surface area contributed by atoms with Crippen molar-refractivity contribution < 1.29 is 19.1 Å². The maximum atomic E-state index is 12.4. The van der Waals surface area contributed by atoms with E-state index in [9.17, 15) is 9.59 Å². The molecule has 0 bridgehead atoms. The monoisotopic (exact) mass is 362 g/mol. The number of carbonyl (C=O) groups excluding carboxylic acids is 2. The fraction of sp³-hybridized carbons (Fsp3) is 0.176. The van der Waals surface area contributed by atoms with E-state index in [2.05, 4.69) is 15.9 Å². The van der Waals surface area contributed by atoms with Crippen molar-refractivity contribution in [1.29, 1.82) is 0 Å². The van der Waals surface area contributed by atoms with Gasteiger partial charge in [-0.05, 0) is 44.2 Å². The number of methoxy groups -OCH3 is 1. The standard InChI is InChI=1S/C17H15BrO4/c1-10-4-6-16(13(8-10)11(2)19)22-17(20)14-9-12(18)5-7-15(14)21-3/h4-9H,1-3H3. The Morgan fingerprint density at radius 1 is 1.00 bits per heavy atom. The minimum absolute atomic E-state index is 0.160. The van der Waals surface area contributed by atoms with Gasteiger partial charge in [-0.1, -0.05) is 27.6 Å². The Morgan fingerprint density at radius 3 is 2.32 bits per heavy atom. The molecule has 0 unspecified atom stereocenters. The van der Waals surface area contributed by atoms with Crippen molar-refractivity contribution in [2.45, 2.75) is 13.8 Å². The predicted molar refractivity (Wildman–Crippen MR) is 86.8 cm³/mol. The van der Waals surface area contributed by atoms with Crippen molar-refractivity contribution in [2.24, 2.45) is 0 Å². The first-order chi connectivity index (χ1) is 10.4. The van der Waals surface area contributed by atoms with Crippen LogP contribution in [0.25, 0.3) is 0 Å². The summed E-state index contributed by atoms with van der Waals surface area (Å²) < 4.78 is 11.3. The number of esters is 1. The number of ether oxygens (including phenoxy) is 2. The zero-order chi connectivity index (χ0) is 16.3. The average Bonchev–Trinajstić information content (AvgIpc) is 2.48. The van der Waals surface area contributed by atoms with Gasteiger partial charge in [-0.25, -0.2) is 4.79 Å². The van der Waals surface area contributed by atoms with Gasteiger partial charge in [-0.2, -0.15) is 0 Å². The lowest BCUT2D eigenvalue weighted by Gasteiger charge is -2.11. The predicted octanol–water partition coefficient (Wildman–Crippen LogP) is 4.19. The van der Waals surface area contributed by atoms with Gasteiger partial charge >= 0.3 is 5.97 Å². The minimum Gasteiger partial charge on any atom is -0.496 e. The average molecular weight is 363 g/mol. The molecule has 0 saturated carbocycles. The van der Waals surface area contributed by atoms with Crippen LogP contribution >= 0.6 is 15.9 Å². The van der Waals surface area contributed by atoms with Crippen LogP contribution in [0.2, 0.25) is 0 Å². The molecule has 0 atom stereocenters. The highest BCUT2D eigenvalue weighted by Crippen LogP contribution is 2.26. The molecule has 0 amide bonds. The smallest absolute Gasteiger partial charge is 0.347 e. The molecule has 22 heavy (non-hydrogen) atoms. The first kappa shape index (κ1) is 16.2. The Balaban J connectivity index is 2.38. The maximum absolute atomic E-state index is 12.4. The summed E-state index contributed by atoms with van der Waals surface area (Å²) in [6.45, 7) is 3.31. The first-order valence-electron chi connectivity index (χ1n) is 6.59. The molecule has 2 rings (SSSR count). The van der Waals surface area contributed by atoms with Crippen LogP contribution in [0, 0.1) is 6.92 Å². The Labute approximate surface area is 137 Å². The number of hydrogen-bond donors (Lipinski definition) is 0. The van der Waals surface area contributed by atoms with Gasteiger partial charge in [-0.3, -0.25) is 4.79 Å². The van der Waals surface area contributed by atoms with E-state index in [1.807, 2.05) is 6.92 Å². The molecule has 4 nitrogen and oxygen atoms in total. The number of rotatable bonds is 4. The lowest BCUT2D eigenvalue weighted by atomic mass is 10.1. The molecule has 0 aliphatic rings. The van der Waals surface area contributed by atoms with E-state index in [1.165, 1.54) is 14.0 Å². The molecule has 0 N–H and O–H groups in total. The summed E-state index contributed by atoms with van der Waals surface area (Å²) in [7, 11) is 1.48. The van der Waals surface area contributed by atoms with E-state index in [1.54, 1.807) is 36.4 Å². The fourth-order valence-electron chi connectivity index (χ4n) is 2.00. The number of aryl methyl sites for hydroxylation is 1. The summed E-state index contributed by atoms with van der Waals surface area (Å²) in [6.07, 6.45) is 0. The van der Waals surface area contributed by atoms with Gasteiger partial charge in [0.05, 0.1) is 12.7 Å². The molecule has 114 valence electrons. The quantitative estimate of drug-likeness (QED) is 0.464. The first-order valence-corrected chi connectivity index (χ1v) is 7.39. The number of hydrogen-bond acceptors (Lipinski definition) is 4. The Kier molecular flexibility index (Phi) is 4.98. The summed E-state index contributed by atoms with van der Waals surface area (Å²) in [5.41, 5.74) is 1.58. The third-order valence-corrected chi connectivity index (χ3v) is 3.59. The second-order valence-corrected chi connectivity index (χ2v) is 5.71. The van der Waals surface area contributed by atoms with Gasteiger partial charge in [-0.15, -0.1) is 0 Å². The van der Waals surface area contributed by atoms with E-state index in [4.69, 9.17) is 9.47 Å². The van der Waals surface area contributed by atoms with E-state index >= 15 is 0 Å². The lowest BCUT2D eigenvalue weighted by Crippen LogP contribution is -2.12. The van der Waals surface area contributed by atoms with Gasteiger partial charge in [0.2, 0.25) is 0 Å². The molecule has 0 saturated heterocycles. The summed E-state index contributed by atoms with van der Waals surface area (Å²) in [5, 5.41) is 0. The van der Waals surface area contributed by atoms with E-state index in [0.29, 0.717) is 11.3 Å². The highest BCUT2D eigenvalue weighted by Gasteiger charge is 2.18. The second kappa shape index (κ2) is 6.75. The highest BCUT2D eigenvalue weighted by atomic mass is 79.9. The Hall–Kier alpha value is -2.14. The zero-order valence-corrected chi connectivity index (χ0v) is 14.1. The summed E-state index contributed by atoms with van der Waals surface area (Å²) in [6, 6.07) is 10.2. The summed E-state index contributed by atoms with van der Waals surface area (Å²) >= 11 is 3.31. The normalized spacial score (nSPS) is 10.2. The molecule has 5 heteroatoms. The van der Waals surface area contributed by atoms with Crippen molar-refractivity contribution >= 4 is 27.7 Å². The van der Waals surface area contributed by atoms with Crippen LogP contribution in [-0.2, 0) is 0 Å². The molecule has 0 fully saturated rings. The lowest BCUT2D eigenvalue weighted by molar-refractivity contribution is 0.0729. The largest absolute Gasteiger partial charge is 0.496 e. The van der Waals surface area contributed by atoms with Crippen LogP contribution in [0.4, 0.5) is 0 Å². The maximum Gasteiger partial charge on any atom is 0.347 e. The van der Waals surface area contributed by atoms with E-state index < -0.39 is 5.97 Å². The van der Waals surface area contributed by atoms with Crippen molar-refractivity contribution in [3.05, 3.63) is 57.6 Å². The van der Waals surface area contributed by atoms with Crippen LogP contribution in [0.5, 0.6) is 11.5 Å². The molecule has 0 heterocycles. The molecular formula is C17H15BrO4. The molecule has 0 aliphatic carbocycles. The van der Waals surface area contributed by atoms with Crippen LogP contribution in [0.15, 0.2) is 40.9 Å². The van der Waals surface area contributed by atoms with Crippen molar-refractivity contribution in [2.75, 3.05) is 7.11 Å².